The Hall–Kier alpha value is -2.69. The van der Waals surface area contributed by atoms with Crippen molar-refractivity contribution in [1.82, 2.24) is 4.57 Å². The number of ether oxygens (including phenoxy) is 2. The van der Waals surface area contributed by atoms with Crippen LogP contribution in [0.2, 0.25) is 0 Å². The van der Waals surface area contributed by atoms with Crippen molar-refractivity contribution < 1.29 is 14.3 Å². The first kappa shape index (κ1) is 19.1. The Morgan fingerprint density at radius 2 is 1.93 bits per heavy atom. The van der Waals surface area contributed by atoms with Crippen LogP contribution in [0.5, 0.6) is 11.5 Å². The quantitative estimate of drug-likeness (QED) is 0.484. The summed E-state index contributed by atoms with van der Waals surface area (Å²) >= 11 is 2.86. The van der Waals surface area contributed by atoms with Crippen molar-refractivity contribution in [3.05, 3.63) is 46.8 Å². The van der Waals surface area contributed by atoms with E-state index in [1.54, 1.807) is 24.9 Å². The van der Waals surface area contributed by atoms with E-state index in [0.717, 1.165) is 15.1 Å². The Balaban J connectivity index is 2.27. The largest absolute Gasteiger partial charge is 0.495 e. The van der Waals surface area contributed by atoms with E-state index in [1.165, 1.54) is 23.1 Å². The average Bonchev–Trinajstić information content (AvgIpc) is 3.05. The van der Waals surface area contributed by atoms with Gasteiger partial charge in [0, 0.05) is 4.90 Å². The summed E-state index contributed by atoms with van der Waals surface area (Å²) in [7, 11) is 3.19. The molecule has 1 aromatic heterocycles. The van der Waals surface area contributed by atoms with Gasteiger partial charge in [0.05, 0.1) is 26.3 Å². The third-order valence-electron chi connectivity index (χ3n) is 3.98. The second-order valence-electron chi connectivity index (χ2n) is 5.44. The number of carbonyl (C=O) groups is 1. The van der Waals surface area contributed by atoms with Crippen molar-refractivity contribution >= 4 is 39.2 Å². The maximum atomic E-state index is 12.8. The maximum Gasteiger partial charge on any atom is 0.280 e. The van der Waals surface area contributed by atoms with Gasteiger partial charge in [0.15, 0.2) is 4.80 Å². The van der Waals surface area contributed by atoms with Crippen molar-refractivity contribution in [3.63, 3.8) is 0 Å². The average molecular weight is 399 g/mol. The highest BCUT2D eigenvalue weighted by molar-refractivity contribution is 7.98. The predicted molar refractivity (Wildman–Crippen MR) is 110 cm³/mol. The Labute approximate surface area is 165 Å². The highest BCUT2D eigenvalue weighted by atomic mass is 32.2. The van der Waals surface area contributed by atoms with E-state index in [0.29, 0.717) is 21.9 Å². The molecule has 0 aliphatic carbocycles. The number of aromatic nitrogens is 1. The summed E-state index contributed by atoms with van der Waals surface area (Å²) in [5.41, 5.74) is 1.33. The molecule has 7 heteroatoms. The monoisotopic (exact) mass is 398 g/mol. The van der Waals surface area contributed by atoms with Crippen LogP contribution in [-0.4, -0.2) is 30.9 Å². The lowest BCUT2D eigenvalue weighted by Gasteiger charge is -2.08. The van der Waals surface area contributed by atoms with E-state index in [-0.39, 0.29) is 12.5 Å². The fraction of sp³-hybridized carbons (Fsp3) is 0.200. The van der Waals surface area contributed by atoms with Gasteiger partial charge in [0.1, 0.15) is 21.7 Å². The third-order valence-corrected chi connectivity index (χ3v) is 5.87. The lowest BCUT2D eigenvalue weighted by atomic mass is 10.2. The lowest BCUT2D eigenvalue weighted by Crippen LogP contribution is -2.17. The molecule has 2 aromatic carbocycles. The van der Waals surface area contributed by atoms with Gasteiger partial charge in [-0.05, 0) is 30.5 Å². The number of terminal acetylenes is 1. The first-order valence-corrected chi connectivity index (χ1v) is 10.1. The number of benzene rings is 2. The molecule has 0 radical (unpaired) electrons. The summed E-state index contributed by atoms with van der Waals surface area (Å²) in [4.78, 5) is 18.6. The normalized spacial score (nSPS) is 11.4. The molecule has 0 atom stereocenters. The van der Waals surface area contributed by atoms with Crippen LogP contribution in [0.4, 0.5) is 0 Å². The minimum atomic E-state index is -0.310. The number of nitrogens with zero attached hydrogens (tertiary/aromatic N) is 2. The Bertz CT molecular complexity index is 1110. The molecule has 0 spiro atoms. The molecule has 0 aliphatic rings. The SMILES string of the molecule is C#CCn1c(=NC(=O)c2ccccc2SC)sc2c(OC)ccc(OC)c21. The number of hydrogen-bond acceptors (Lipinski definition) is 5. The number of carbonyl (C=O) groups excluding carboxylic acids is 1. The van der Waals surface area contributed by atoms with Gasteiger partial charge in [0.25, 0.3) is 5.91 Å². The van der Waals surface area contributed by atoms with Gasteiger partial charge in [-0.2, -0.15) is 4.99 Å². The Kier molecular flexibility index (Phi) is 5.89. The van der Waals surface area contributed by atoms with Gasteiger partial charge in [0.2, 0.25) is 0 Å². The molecule has 0 bridgehead atoms. The summed E-state index contributed by atoms with van der Waals surface area (Å²) in [6.45, 7) is 0.264. The molecule has 138 valence electrons. The van der Waals surface area contributed by atoms with Gasteiger partial charge >= 0.3 is 0 Å². The van der Waals surface area contributed by atoms with Crippen LogP contribution in [-0.2, 0) is 6.54 Å². The molecule has 3 rings (SSSR count). The highest BCUT2D eigenvalue weighted by Gasteiger charge is 2.17. The molecule has 0 saturated carbocycles. The summed E-state index contributed by atoms with van der Waals surface area (Å²) in [5.74, 6) is 3.64. The van der Waals surface area contributed by atoms with Crippen LogP contribution < -0.4 is 14.3 Å². The number of amides is 1. The minimum Gasteiger partial charge on any atom is -0.495 e. The molecular formula is C20H18N2O3S2. The standard InChI is InChI=1S/C20H18N2O3S2/c1-5-12-22-17-14(24-2)10-11-15(25-3)18(17)27-20(22)21-19(23)13-8-6-7-9-16(13)26-4/h1,6-11H,12H2,2-4H3. The minimum absolute atomic E-state index is 0.264. The zero-order valence-corrected chi connectivity index (χ0v) is 16.8. The van der Waals surface area contributed by atoms with E-state index in [9.17, 15) is 4.79 Å². The number of methoxy groups -OCH3 is 2. The van der Waals surface area contributed by atoms with Crippen molar-refractivity contribution in [2.75, 3.05) is 20.5 Å². The van der Waals surface area contributed by atoms with Crippen LogP contribution in [0.1, 0.15) is 10.4 Å². The van der Waals surface area contributed by atoms with E-state index < -0.39 is 0 Å². The topological polar surface area (TPSA) is 52.8 Å². The van der Waals surface area contributed by atoms with E-state index in [2.05, 4.69) is 10.9 Å². The molecular weight excluding hydrogens is 380 g/mol. The molecule has 0 fully saturated rings. The molecule has 0 aliphatic heterocycles. The fourth-order valence-corrected chi connectivity index (χ4v) is 4.47. The molecule has 5 nitrogen and oxygen atoms in total. The van der Waals surface area contributed by atoms with Crippen LogP contribution in [0, 0.1) is 12.3 Å². The molecule has 27 heavy (non-hydrogen) atoms. The highest BCUT2D eigenvalue weighted by Crippen LogP contribution is 2.35. The summed E-state index contributed by atoms with van der Waals surface area (Å²) in [5, 5.41) is 0. The summed E-state index contributed by atoms with van der Waals surface area (Å²) < 4.78 is 13.6. The molecule has 1 heterocycles. The smallest absolute Gasteiger partial charge is 0.280 e. The zero-order valence-electron chi connectivity index (χ0n) is 15.2. The maximum absolute atomic E-state index is 12.8. The number of fused-ring (bicyclic) bond motifs is 1. The first-order chi connectivity index (χ1) is 13.1. The predicted octanol–water partition coefficient (Wildman–Crippen LogP) is 3.82. The van der Waals surface area contributed by atoms with Crippen molar-refractivity contribution in [2.24, 2.45) is 4.99 Å². The van der Waals surface area contributed by atoms with Crippen molar-refractivity contribution in [2.45, 2.75) is 11.4 Å². The van der Waals surface area contributed by atoms with Crippen LogP contribution in [0.3, 0.4) is 0 Å². The van der Waals surface area contributed by atoms with Gasteiger partial charge < -0.3 is 14.0 Å². The van der Waals surface area contributed by atoms with Gasteiger partial charge in [-0.3, -0.25) is 4.79 Å². The number of thiazole rings is 1. The van der Waals surface area contributed by atoms with Gasteiger partial charge in [-0.25, -0.2) is 0 Å². The van der Waals surface area contributed by atoms with Crippen molar-refractivity contribution in [1.29, 1.82) is 0 Å². The molecule has 1 amide bonds. The second kappa shape index (κ2) is 8.33. The Morgan fingerprint density at radius 3 is 2.59 bits per heavy atom. The van der Waals surface area contributed by atoms with Crippen LogP contribution in [0.25, 0.3) is 10.2 Å². The Morgan fingerprint density at radius 1 is 1.22 bits per heavy atom. The summed E-state index contributed by atoms with van der Waals surface area (Å²) in [6, 6.07) is 11.0. The van der Waals surface area contributed by atoms with E-state index in [1.807, 2.05) is 36.6 Å². The second-order valence-corrected chi connectivity index (χ2v) is 7.27. The van der Waals surface area contributed by atoms with Gasteiger partial charge in [-0.15, -0.1) is 18.2 Å². The number of rotatable bonds is 5. The van der Waals surface area contributed by atoms with E-state index in [4.69, 9.17) is 15.9 Å². The van der Waals surface area contributed by atoms with Gasteiger partial charge in [-0.1, -0.05) is 29.4 Å². The number of hydrogen-bond donors (Lipinski definition) is 0. The number of thioether (sulfide) groups is 1. The van der Waals surface area contributed by atoms with Crippen LogP contribution >= 0.6 is 23.1 Å². The van der Waals surface area contributed by atoms with Crippen molar-refractivity contribution in [3.8, 4) is 23.8 Å². The molecule has 3 aromatic rings. The fourth-order valence-electron chi connectivity index (χ4n) is 2.75. The molecule has 0 N–H and O–H groups in total. The van der Waals surface area contributed by atoms with E-state index >= 15 is 0 Å². The lowest BCUT2D eigenvalue weighted by molar-refractivity contribution is 0.0995. The van der Waals surface area contributed by atoms with Crippen LogP contribution in [0.15, 0.2) is 46.3 Å². The third kappa shape index (κ3) is 3.59. The zero-order chi connectivity index (χ0) is 19.4. The molecule has 0 unspecified atom stereocenters. The summed E-state index contributed by atoms with van der Waals surface area (Å²) in [6.07, 6.45) is 7.49. The first-order valence-electron chi connectivity index (χ1n) is 8.04. The molecule has 0 saturated heterocycles.